The van der Waals surface area contributed by atoms with E-state index in [2.05, 4.69) is 32.0 Å². The number of fused-ring (bicyclic) bond motifs is 3. The van der Waals surface area contributed by atoms with Gasteiger partial charge in [-0.1, -0.05) is 52.0 Å². The van der Waals surface area contributed by atoms with E-state index in [9.17, 15) is 10.2 Å². The molecule has 0 unspecified atom stereocenters. The second kappa shape index (κ2) is 5.20. The molecule has 3 aromatic carbocycles. The molecule has 0 saturated carbocycles. The summed E-state index contributed by atoms with van der Waals surface area (Å²) in [6, 6.07) is 12.4. The molecule has 0 aromatic heterocycles. The summed E-state index contributed by atoms with van der Waals surface area (Å²) in [5, 5.41) is 24.6. The normalized spacial score (nSPS) is 11.9. The van der Waals surface area contributed by atoms with Crippen LogP contribution < -0.4 is 0 Å². The van der Waals surface area contributed by atoms with E-state index in [4.69, 9.17) is 0 Å². The molecule has 0 fully saturated rings. The van der Waals surface area contributed by atoms with Gasteiger partial charge in [0.15, 0.2) is 11.5 Å². The van der Waals surface area contributed by atoms with Crippen molar-refractivity contribution in [1.29, 1.82) is 0 Å². The molecular formula is C20H22O2. The zero-order valence-corrected chi connectivity index (χ0v) is 13.5. The van der Waals surface area contributed by atoms with Crippen molar-refractivity contribution in [3.8, 4) is 11.5 Å². The Hall–Kier alpha value is -2.22. The summed E-state index contributed by atoms with van der Waals surface area (Å²) in [4.78, 5) is 0. The lowest BCUT2D eigenvalue weighted by molar-refractivity contribution is 0.402. The van der Waals surface area contributed by atoms with Crippen molar-refractivity contribution in [1.82, 2.24) is 0 Å². The molecule has 22 heavy (non-hydrogen) atoms. The van der Waals surface area contributed by atoms with Gasteiger partial charge in [-0.3, -0.25) is 0 Å². The van der Waals surface area contributed by atoms with Gasteiger partial charge >= 0.3 is 0 Å². The molecule has 0 aliphatic rings. The van der Waals surface area contributed by atoms with Gasteiger partial charge in [0.1, 0.15) is 0 Å². The van der Waals surface area contributed by atoms with Gasteiger partial charge in [0.05, 0.1) is 0 Å². The van der Waals surface area contributed by atoms with Gasteiger partial charge in [0, 0.05) is 10.9 Å². The smallest absolute Gasteiger partial charge is 0.165 e. The molecule has 2 N–H and O–H groups in total. The Morgan fingerprint density at radius 2 is 1.36 bits per heavy atom. The Labute approximate surface area is 131 Å². The zero-order valence-electron chi connectivity index (χ0n) is 13.5. The first-order valence-corrected chi connectivity index (χ1v) is 7.81. The number of benzene rings is 3. The summed E-state index contributed by atoms with van der Waals surface area (Å²) in [6.07, 6.45) is 0. The lowest BCUT2D eigenvalue weighted by Gasteiger charge is -2.15. The lowest BCUT2D eigenvalue weighted by Crippen LogP contribution is -1.92. The predicted octanol–water partition coefficient (Wildman–Crippen LogP) is 5.65. The van der Waals surface area contributed by atoms with Crippen LogP contribution in [0, 0.1) is 0 Å². The van der Waals surface area contributed by atoms with Crippen LogP contribution in [-0.2, 0) is 0 Å². The molecule has 0 bridgehead atoms. The number of hydrogen-bond donors (Lipinski definition) is 2. The first-order chi connectivity index (χ1) is 10.4. The fourth-order valence-corrected chi connectivity index (χ4v) is 3.01. The van der Waals surface area contributed by atoms with Crippen molar-refractivity contribution in [2.24, 2.45) is 0 Å². The zero-order chi connectivity index (χ0) is 16.0. The topological polar surface area (TPSA) is 40.5 Å². The highest BCUT2D eigenvalue weighted by molar-refractivity contribution is 6.10. The number of rotatable bonds is 2. The van der Waals surface area contributed by atoms with Crippen molar-refractivity contribution in [3.63, 3.8) is 0 Å². The first-order valence-electron chi connectivity index (χ1n) is 7.81. The van der Waals surface area contributed by atoms with Gasteiger partial charge in [-0.25, -0.2) is 0 Å². The summed E-state index contributed by atoms with van der Waals surface area (Å²) < 4.78 is 0. The van der Waals surface area contributed by atoms with Gasteiger partial charge < -0.3 is 10.2 Å². The van der Waals surface area contributed by atoms with Gasteiger partial charge in [-0.2, -0.15) is 0 Å². The largest absolute Gasteiger partial charge is 0.504 e. The van der Waals surface area contributed by atoms with Crippen LogP contribution in [0.2, 0.25) is 0 Å². The van der Waals surface area contributed by atoms with Crippen LogP contribution in [0.1, 0.15) is 50.7 Å². The molecule has 114 valence electrons. The van der Waals surface area contributed by atoms with Crippen molar-refractivity contribution in [2.75, 3.05) is 0 Å². The highest BCUT2D eigenvalue weighted by Crippen LogP contribution is 2.42. The van der Waals surface area contributed by atoms with Crippen LogP contribution in [0.15, 0.2) is 36.4 Å². The standard InChI is InChI=1S/C20H22O2/c1-11(2)14-6-5-13-7-8-15-18(17(13)9-14)10-16(12(3)4)20(22)19(15)21/h5-12,21-22H,1-4H3. The molecule has 0 spiro atoms. The van der Waals surface area contributed by atoms with Gasteiger partial charge in [0.25, 0.3) is 0 Å². The number of phenols is 2. The maximum absolute atomic E-state index is 10.4. The third kappa shape index (κ3) is 2.19. The molecule has 0 amide bonds. The minimum absolute atomic E-state index is 0.00173. The van der Waals surface area contributed by atoms with Gasteiger partial charge in [0.2, 0.25) is 0 Å². The maximum Gasteiger partial charge on any atom is 0.165 e. The fraction of sp³-hybridized carbons (Fsp3) is 0.300. The highest BCUT2D eigenvalue weighted by atomic mass is 16.3. The van der Waals surface area contributed by atoms with Crippen LogP contribution in [-0.4, -0.2) is 10.2 Å². The summed E-state index contributed by atoms with van der Waals surface area (Å²) in [5.74, 6) is 0.591. The molecular weight excluding hydrogens is 272 g/mol. The third-order valence-corrected chi connectivity index (χ3v) is 4.43. The number of phenolic OH excluding ortho intramolecular Hbond substituents is 2. The quantitative estimate of drug-likeness (QED) is 0.473. The molecule has 2 heteroatoms. The molecule has 3 aromatic rings. The van der Waals surface area contributed by atoms with Gasteiger partial charge in [-0.05, 0) is 45.7 Å². The van der Waals surface area contributed by atoms with E-state index < -0.39 is 0 Å². The van der Waals surface area contributed by atoms with E-state index in [-0.39, 0.29) is 17.4 Å². The van der Waals surface area contributed by atoms with E-state index in [0.717, 1.165) is 21.7 Å². The Morgan fingerprint density at radius 1 is 0.682 bits per heavy atom. The summed E-state index contributed by atoms with van der Waals surface area (Å²) in [6.45, 7) is 8.39. The van der Waals surface area contributed by atoms with E-state index in [1.807, 2.05) is 32.0 Å². The van der Waals surface area contributed by atoms with Crippen molar-refractivity contribution >= 4 is 21.5 Å². The van der Waals surface area contributed by atoms with E-state index in [1.165, 1.54) is 5.56 Å². The van der Waals surface area contributed by atoms with Crippen molar-refractivity contribution in [2.45, 2.75) is 39.5 Å². The fourth-order valence-electron chi connectivity index (χ4n) is 3.01. The summed E-state index contributed by atoms with van der Waals surface area (Å²) in [7, 11) is 0. The van der Waals surface area contributed by atoms with Crippen LogP contribution >= 0.6 is 0 Å². The van der Waals surface area contributed by atoms with E-state index >= 15 is 0 Å². The lowest BCUT2D eigenvalue weighted by atomic mass is 9.92. The molecule has 0 aliphatic carbocycles. The van der Waals surface area contributed by atoms with Crippen LogP contribution in [0.3, 0.4) is 0 Å². The van der Waals surface area contributed by atoms with Crippen LogP contribution in [0.5, 0.6) is 11.5 Å². The second-order valence-corrected chi connectivity index (χ2v) is 6.61. The molecule has 0 radical (unpaired) electrons. The van der Waals surface area contributed by atoms with Crippen molar-refractivity contribution < 1.29 is 10.2 Å². The Bertz CT molecular complexity index is 861. The first kappa shape index (κ1) is 14.7. The molecule has 0 saturated heterocycles. The summed E-state index contributed by atoms with van der Waals surface area (Å²) in [5.41, 5.74) is 2.06. The van der Waals surface area contributed by atoms with E-state index in [0.29, 0.717) is 11.3 Å². The third-order valence-electron chi connectivity index (χ3n) is 4.43. The number of hydrogen-bond acceptors (Lipinski definition) is 2. The Morgan fingerprint density at radius 3 is 2.00 bits per heavy atom. The highest BCUT2D eigenvalue weighted by Gasteiger charge is 2.16. The van der Waals surface area contributed by atoms with Crippen LogP contribution in [0.25, 0.3) is 21.5 Å². The molecule has 0 atom stereocenters. The summed E-state index contributed by atoms with van der Waals surface area (Å²) >= 11 is 0. The molecule has 0 aliphatic heterocycles. The average Bonchev–Trinajstić information content (AvgIpc) is 2.49. The minimum Gasteiger partial charge on any atom is -0.504 e. The SMILES string of the molecule is CC(C)c1ccc2ccc3c(O)c(O)c(C(C)C)cc3c2c1. The van der Waals surface area contributed by atoms with Crippen molar-refractivity contribution in [3.05, 3.63) is 47.5 Å². The van der Waals surface area contributed by atoms with Crippen LogP contribution in [0.4, 0.5) is 0 Å². The van der Waals surface area contributed by atoms with E-state index in [1.54, 1.807) is 0 Å². The van der Waals surface area contributed by atoms with Gasteiger partial charge in [-0.15, -0.1) is 0 Å². The Balaban J connectivity index is 2.45. The second-order valence-electron chi connectivity index (χ2n) is 6.61. The molecule has 3 rings (SSSR count). The Kier molecular flexibility index (Phi) is 3.48. The number of aromatic hydroxyl groups is 2. The maximum atomic E-state index is 10.4. The average molecular weight is 294 g/mol. The monoisotopic (exact) mass is 294 g/mol. The molecule has 2 nitrogen and oxygen atoms in total. The minimum atomic E-state index is -0.0157. The predicted molar refractivity (Wildman–Crippen MR) is 93.0 cm³/mol. The molecule has 0 heterocycles.